The fourth-order valence-corrected chi connectivity index (χ4v) is 3.15. The van der Waals surface area contributed by atoms with Crippen LogP contribution < -0.4 is 15.4 Å². The van der Waals surface area contributed by atoms with Gasteiger partial charge in [0, 0.05) is 11.4 Å². The molecule has 0 radical (unpaired) electrons. The van der Waals surface area contributed by atoms with Crippen LogP contribution in [0, 0.1) is 10.1 Å². The van der Waals surface area contributed by atoms with Gasteiger partial charge in [0.1, 0.15) is 12.1 Å². The summed E-state index contributed by atoms with van der Waals surface area (Å²) in [5.41, 5.74) is 0.369. The first-order valence-corrected chi connectivity index (χ1v) is 10.9. The van der Waals surface area contributed by atoms with Crippen LogP contribution in [0.1, 0.15) is 40.5 Å². The summed E-state index contributed by atoms with van der Waals surface area (Å²) in [5, 5.41) is 17.6. The number of nitro groups is 1. The van der Waals surface area contributed by atoms with Gasteiger partial charge >= 0.3 is 17.6 Å². The Morgan fingerprint density at radius 3 is 1.97 bits per heavy atom. The van der Waals surface area contributed by atoms with Crippen molar-refractivity contribution in [2.24, 2.45) is 0 Å². The molecule has 0 aliphatic rings. The van der Waals surface area contributed by atoms with Crippen molar-refractivity contribution < 1.29 is 28.7 Å². The summed E-state index contributed by atoms with van der Waals surface area (Å²) >= 11 is 0. The minimum absolute atomic E-state index is 0.0409. The summed E-state index contributed by atoms with van der Waals surface area (Å²) in [6, 6.07) is 10.9. The van der Waals surface area contributed by atoms with Gasteiger partial charge in [-0.05, 0) is 48.9 Å². The highest BCUT2D eigenvalue weighted by Gasteiger charge is 2.24. The Labute approximate surface area is 206 Å². The minimum atomic E-state index is -0.703. The lowest BCUT2D eigenvalue weighted by atomic mass is 10.1. The van der Waals surface area contributed by atoms with Crippen LogP contribution in [0.3, 0.4) is 0 Å². The van der Waals surface area contributed by atoms with Crippen LogP contribution in [0.5, 0.6) is 5.75 Å². The Morgan fingerprint density at radius 1 is 0.917 bits per heavy atom. The molecule has 0 aliphatic carbocycles. The average Bonchev–Trinajstić information content (AvgIpc) is 2.88. The first-order chi connectivity index (χ1) is 17.4. The summed E-state index contributed by atoms with van der Waals surface area (Å²) in [4.78, 5) is 43.4. The van der Waals surface area contributed by atoms with E-state index < -0.39 is 22.5 Å². The van der Waals surface area contributed by atoms with Crippen LogP contribution in [0.25, 0.3) is 0 Å². The van der Waals surface area contributed by atoms with E-state index in [1.165, 1.54) is 32.4 Å². The van der Waals surface area contributed by atoms with Crippen molar-refractivity contribution in [2.45, 2.75) is 19.8 Å². The zero-order chi connectivity index (χ0) is 26.1. The van der Waals surface area contributed by atoms with Gasteiger partial charge in [0.25, 0.3) is 0 Å². The number of methoxy groups -OCH3 is 2. The van der Waals surface area contributed by atoms with Gasteiger partial charge in [-0.15, -0.1) is 0 Å². The van der Waals surface area contributed by atoms with Gasteiger partial charge in [-0.25, -0.2) is 19.6 Å². The van der Waals surface area contributed by atoms with E-state index >= 15 is 0 Å². The SMILES string of the molecule is CCCCOc1ccc(Nc2ncnc(Nc3cc(C(=O)OC)cc(C(=O)OC)c3)c2[N+](=O)[O-])cc1. The van der Waals surface area contributed by atoms with E-state index in [9.17, 15) is 19.7 Å². The van der Waals surface area contributed by atoms with E-state index in [1.807, 2.05) is 0 Å². The van der Waals surface area contributed by atoms with Crippen LogP contribution in [-0.2, 0) is 9.47 Å². The summed E-state index contributed by atoms with van der Waals surface area (Å²) in [6.07, 6.45) is 3.10. The van der Waals surface area contributed by atoms with E-state index in [-0.39, 0.29) is 28.5 Å². The third-order valence-electron chi connectivity index (χ3n) is 4.93. The third-order valence-corrected chi connectivity index (χ3v) is 4.93. The molecule has 0 saturated heterocycles. The minimum Gasteiger partial charge on any atom is -0.494 e. The van der Waals surface area contributed by atoms with Gasteiger partial charge in [-0.1, -0.05) is 13.3 Å². The van der Waals surface area contributed by atoms with Gasteiger partial charge in [-0.2, -0.15) is 0 Å². The highest BCUT2D eigenvalue weighted by molar-refractivity contribution is 5.97. The predicted octanol–water partition coefficient (Wildman–Crippen LogP) is 4.62. The number of aromatic nitrogens is 2. The molecule has 12 heteroatoms. The molecule has 0 aliphatic heterocycles. The number of anilines is 4. The molecule has 3 rings (SSSR count). The predicted molar refractivity (Wildman–Crippen MR) is 131 cm³/mol. The molecule has 0 amide bonds. The van der Waals surface area contributed by atoms with E-state index in [0.717, 1.165) is 19.2 Å². The van der Waals surface area contributed by atoms with Crippen molar-refractivity contribution >= 4 is 40.6 Å². The zero-order valence-electron chi connectivity index (χ0n) is 19.9. The van der Waals surface area contributed by atoms with Gasteiger partial charge in [0.15, 0.2) is 0 Å². The Bertz CT molecular complexity index is 1210. The molecule has 0 atom stereocenters. The summed E-state index contributed by atoms with van der Waals surface area (Å²) < 4.78 is 15.1. The fraction of sp³-hybridized carbons (Fsp3) is 0.250. The lowest BCUT2D eigenvalue weighted by Crippen LogP contribution is -2.09. The van der Waals surface area contributed by atoms with E-state index in [0.29, 0.717) is 18.0 Å². The lowest BCUT2D eigenvalue weighted by molar-refractivity contribution is -0.383. The highest BCUT2D eigenvalue weighted by atomic mass is 16.6. The van der Waals surface area contributed by atoms with Gasteiger partial charge < -0.3 is 24.8 Å². The number of benzene rings is 2. The van der Waals surface area contributed by atoms with Crippen LogP contribution in [0.2, 0.25) is 0 Å². The summed E-state index contributed by atoms with van der Waals surface area (Å²) in [5.74, 6) is -0.944. The largest absolute Gasteiger partial charge is 0.494 e. The molecule has 1 aromatic heterocycles. The maximum absolute atomic E-state index is 12.1. The normalized spacial score (nSPS) is 10.3. The molecule has 2 aromatic carbocycles. The van der Waals surface area contributed by atoms with Crippen molar-refractivity contribution in [3.8, 4) is 5.75 Å². The van der Waals surface area contributed by atoms with E-state index in [1.54, 1.807) is 24.3 Å². The molecule has 0 fully saturated rings. The van der Waals surface area contributed by atoms with E-state index in [2.05, 4.69) is 27.5 Å². The molecular formula is C24H25N5O7. The fourth-order valence-electron chi connectivity index (χ4n) is 3.15. The number of carbonyl (C=O) groups is 2. The smallest absolute Gasteiger partial charge is 0.353 e. The number of ether oxygens (including phenoxy) is 3. The monoisotopic (exact) mass is 495 g/mol. The summed E-state index contributed by atoms with van der Waals surface area (Å²) in [6.45, 7) is 2.67. The average molecular weight is 495 g/mol. The maximum Gasteiger partial charge on any atom is 0.353 e. The number of rotatable bonds is 11. The molecule has 36 heavy (non-hydrogen) atoms. The molecule has 188 valence electrons. The Balaban J connectivity index is 1.91. The highest BCUT2D eigenvalue weighted by Crippen LogP contribution is 2.34. The van der Waals surface area contributed by atoms with Gasteiger partial charge in [-0.3, -0.25) is 10.1 Å². The molecule has 1 heterocycles. The third kappa shape index (κ3) is 6.44. The van der Waals surface area contributed by atoms with Crippen molar-refractivity contribution in [3.63, 3.8) is 0 Å². The topological polar surface area (TPSA) is 155 Å². The second kappa shape index (κ2) is 12.1. The zero-order valence-corrected chi connectivity index (χ0v) is 19.9. The van der Waals surface area contributed by atoms with Crippen LogP contribution in [0.15, 0.2) is 48.8 Å². The summed E-state index contributed by atoms with van der Waals surface area (Å²) in [7, 11) is 2.38. The quantitative estimate of drug-likeness (QED) is 0.166. The molecule has 0 bridgehead atoms. The molecular weight excluding hydrogens is 470 g/mol. The molecule has 0 saturated carbocycles. The number of unbranched alkanes of at least 4 members (excludes halogenated alkanes) is 1. The molecule has 0 spiro atoms. The Kier molecular flexibility index (Phi) is 8.70. The molecule has 2 N–H and O–H groups in total. The van der Waals surface area contributed by atoms with Gasteiger partial charge in [0.2, 0.25) is 11.6 Å². The Hall–Kier alpha value is -4.74. The van der Waals surface area contributed by atoms with Gasteiger partial charge in [0.05, 0.1) is 36.9 Å². The van der Waals surface area contributed by atoms with Crippen LogP contribution in [0.4, 0.5) is 28.7 Å². The second-order valence-corrected chi connectivity index (χ2v) is 7.44. The maximum atomic E-state index is 12.1. The lowest BCUT2D eigenvalue weighted by Gasteiger charge is -2.12. The Morgan fingerprint density at radius 2 is 1.47 bits per heavy atom. The van der Waals surface area contributed by atoms with E-state index in [4.69, 9.17) is 14.2 Å². The first kappa shape index (κ1) is 25.9. The van der Waals surface area contributed by atoms with Crippen LogP contribution in [-0.4, -0.2) is 47.7 Å². The second-order valence-electron chi connectivity index (χ2n) is 7.44. The number of hydrogen-bond donors (Lipinski definition) is 2. The first-order valence-electron chi connectivity index (χ1n) is 10.9. The number of carbonyl (C=O) groups excluding carboxylic acids is 2. The van der Waals surface area contributed by atoms with Crippen molar-refractivity contribution in [3.05, 3.63) is 70.0 Å². The van der Waals surface area contributed by atoms with Crippen molar-refractivity contribution in [2.75, 3.05) is 31.5 Å². The number of esters is 2. The van der Waals surface area contributed by atoms with Crippen LogP contribution >= 0.6 is 0 Å². The number of nitrogens with zero attached hydrogens (tertiary/aromatic N) is 3. The molecule has 12 nitrogen and oxygen atoms in total. The number of hydrogen-bond acceptors (Lipinski definition) is 11. The molecule has 0 unspecified atom stereocenters. The number of nitrogens with one attached hydrogen (secondary N) is 2. The molecule has 3 aromatic rings. The van der Waals surface area contributed by atoms with Crippen molar-refractivity contribution in [1.29, 1.82) is 0 Å². The van der Waals surface area contributed by atoms with Crippen molar-refractivity contribution in [1.82, 2.24) is 9.97 Å². The standard InChI is InChI=1S/C24H25N5O7/c1-4-5-10-36-19-8-6-17(7-9-19)27-21-20(29(32)33)22(26-14-25-21)28-18-12-15(23(30)34-2)11-16(13-18)24(31)35-3/h6-9,11-14H,4-5,10H2,1-3H3,(H2,25,26,27,28).